The van der Waals surface area contributed by atoms with Gasteiger partial charge in [-0.05, 0) is 34.1 Å². The van der Waals surface area contributed by atoms with Crippen LogP contribution in [-0.2, 0) is 0 Å². The molecular formula is C12H6BrCl2N3O3. The standard InChI is InChI=1S/C12H6BrCl2N3O3/c13-10-2-1-7(5-16-10)17-12(19)6-3-8(14)11(15)9(4-6)18(20)21/h1-5H,(H,17,19). The molecule has 0 saturated carbocycles. The van der Waals surface area contributed by atoms with Crippen LogP contribution in [0.3, 0.4) is 0 Å². The summed E-state index contributed by atoms with van der Waals surface area (Å²) in [4.78, 5) is 26.2. The number of hydrogen-bond donors (Lipinski definition) is 1. The number of nitro benzene ring substituents is 1. The summed E-state index contributed by atoms with van der Waals surface area (Å²) in [5.41, 5.74) is 0.0409. The van der Waals surface area contributed by atoms with E-state index in [2.05, 4.69) is 26.2 Å². The summed E-state index contributed by atoms with van der Waals surface area (Å²) in [5, 5.41) is 13.1. The number of pyridine rings is 1. The van der Waals surface area contributed by atoms with E-state index >= 15 is 0 Å². The number of amides is 1. The summed E-state index contributed by atoms with van der Waals surface area (Å²) >= 11 is 14.7. The van der Waals surface area contributed by atoms with Gasteiger partial charge < -0.3 is 5.32 Å². The van der Waals surface area contributed by atoms with Gasteiger partial charge in [0, 0.05) is 11.6 Å². The highest BCUT2D eigenvalue weighted by molar-refractivity contribution is 9.10. The molecule has 0 spiro atoms. The van der Waals surface area contributed by atoms with E-state index in [9.17, 15) is 14.9 Å². The number of carbonyl (C=O) groups is 1. The molecular weight excluding hydrogens is 385 g/mol. The number of hydrogen-bond acceptors (Lipinski definition) is 4. The van der Waals surface area contributed by atoms with Gasteiger partial charge in [0.05, 0.1) is 21.8 Å². The maximum atomic E-state index is 12.1. The summed E-state index contributed by atoms with van der Waals surface area (Å²) in [6.45, 7) is 0. The Morgan fingerprint density at radius 2 is 2.05 bits per heavy atom. The van der Waals surface area contributed by atoms with E-state index < -0.39 is 16.5 Å². The Morgan fingerprint density at radius 1 is 1.33 bits per heavy atom. The van der Waals surface area contributed by atoms with Crippen LogP contribution in [0.5, 0.6) is 0 Å². The second-order valence-electron chi connectivity index (χ2n) is 3.87. The van der Waals surface area contributed by atoms with Crippen molar-refractivity contribution in [2.45, 2.75) is 0 Å². The van der Waals surface area contributed by atoms with Gasteiger partial charge in [-0.3, -0.25) is 14.9 Å². The van der Waals surface area contributed by atoms with Crippen molar-refractivity contribution < 1.29 is 9.72 Å². The van der Waals surface area contributed by atoms with Gasteiger partial charge in [-0.25, -0.2) is 4.98 Å². The molecule has 9 heteroatoms. The molecule has 2 rings (SSSR count). The minimum atomic E-state index is -0.702. The molecule has 0 aliphatic rings. The minimum Gasteiger partial charge on any atom is -0.321 e. The van der Waals surface area contributed by atoms with Gasteiger partial charge in [0.25, 0.3) is 11.6 Å². The van der Waals surface area contributed by atoms with Gasteiger partial charge >= 0.3 is 0 Å². The van der Waals surface area contributed by atoms with Crippen molar-refractivity contribution >= 4 is 56.4 Å². The Morgan fingerprint density at radius 3 is 2.62 bits per heavy atom. The van der Waals surface area contributed by atoms with Crippen molar-refractivity contribution in [3.8, 4) is 0 Å². The third-order valence-corrected chi connectivity index (χ3v) is 3.71. The molecule has 6 nitrogen and oxygen atoms in total. The van der Waals surface area contributed by atoms with E-state index in [0.29, 0.717) is 10.3 Å². The number of nitrogens with one attached hydrogen (secondary N) is 1. The van der Waals surface area contributed by atoms with Crippen molar-refractivity contribution in [2.24, 2.45) is 0 Å². The van der Waals surface area contributed by atoms with Crippen molar-refractivity contribution in [1.29, 1.82) is 0 Å². The number of halogens is 3. The summed E-state index contributed by atoms with van der Waals surface area (Å²) in [6, 6.07) is 5.60. The molecule has 0 saturated heterocycles. The first-order valence-corrected chi connectivity index (χ1v) is 6.99. The predicted octanol–water partition coefficient (Wildman–Crippen LogP) is 4.31. The molecule has 0 aliphatic carbocycles. The molecule has 0 atom stereocenters. The quantitative estimate of drug-likeness (QED) is 0.480. The SMILES string of the molecule is O=C(Nc1ccc(Br)nc1)c1cc(Cl)c(Cl)c([N+](=O)[O-])c1. The average molecular weight is 391 g/mol. The average Bonchev–Trinajstić information content (AvgIpc) is 2.43. The maximum Gasteiger partial charge on any atom is 0.290 e. The smallest absolute Gasteiger partial charge is 0.290 e. The van der Waals surface area contributed by atoms with Crippen LogP contribution in [0.2, 0.25) is 10.0 Å². The molecule has 0 aliphatic heterocycles. The van der Waals surface area contributed by atoms with E-state index in [1.54, 1.807) is 12.1 Å². The van der Waals surface area contributed by atoms with Crippen molar-refractivity contribution in [3.05, 3.63) is 60.8 Å². The Labute approximate surface area is 137 Å². The van der Waals surface area contributed by atoms with Crippen LogP contribution in [0.1, 0.15) is 10.4 Å². The minimum absolute atomic E-state index is 0.0269. The van der Waals surface area contributed by atoms with Gasteiger partial charge in [-0.2, -0.15) is 0 Å². The molecule has 2 aromatic rings. The zero-order chi connectivity index (χ0) is 15.6. The predicted molar refractivity (Wildman–Crippen MR) is 83.0 cm³/mol. The van der Waals surface area contributed by atoms with Crippen molar-refractivity contribution in [2.75, 3.05) is 5.32 Å². The zero-order valence-electron chi connectivity index (χ0n) is 10.1. The molecule has 0 bridgehead atoms. The first kappa shape index (κ1) is 15.7. The topological polar surface area (TPSA) is 85.1 Å². The molecule has 1 aromatic heterocycles. The largest absolute Gasteiger partial charge is 0.321 e. The number of nitro groups is 1. The van der Waals surface area contributed by atoms with Crippen molar-refractivity contribution in [3.63, 3.8) is 0 Å². The second-order valence-corrected chi connectivity index (χ2v) is 5.47. The fourth-order valence-corrected chi connectivity index (χ4v) is 2.12. The number of aromatic nitrogens is 1. The Bertz CT molecular complexity index is 722. The Hall–Kier alpha value is -1.70. The van der Waals surface area contributed by atoms with Crippen LogP contribution in [0.25, 0.3) is 0 Å². The molecule has 0 fully saturated rings. The number of nitrogens with zero attached hydrogens (tertiary/aromatic N) is 2. The normalized spacial score (nSPS) is 10.2. The third kappa shape index (κ3) is 3.69. The Kier molecular flexibility index (Phi) is 4.76. The van der Waals surface area contributed by atoms with Gasteiger partial charge in [0.15, 0.2) is 0 Å². The van der Waals surface area contributed by atoms with E-state index in [1.807, 2.05) is 0 Å². The molecule has 1 amide bonds. The summed E-state index contributed by atoms with van der Waals surface area (Å²) in [5.74, 6) is -0.555. The highest BCUT2D eigenvalue weighted by Crippen LogP contribution is 2.33. The number of rotatable bonds is 3. The van der Waals surface area contributed by atoms with E-state index in [-0.39, 0.29) is 15.6 Å². The van der Waals surface area contributed by atoms with Gasteiger partial charge in [-0.1, -0.05) is 23.2 Å². The lowest BCUT2D eigenvalue weighted by atomic mass is 10.2. The van der Waals surface area contributed by atoms with E-state index in [1.165, 1.54) is 12.3 Å². The molecule has 108 valence electrons. The van der Waals surface area contributed by atoms with Gasteiger partial charge in [-0.15, -0.1) is 0 Å². The van der Waals surface area contributed by atoms with Crippen LogP contribution in [0, 0.1) is 10.1 Å². The number of carbonyl (C=O) groups excluding carboxylic acids is 1. The molecule has 21 heavy (non-hydrogen) atoms. The fourth-order valence-electron chi connectivity index (χ4n) is 1.49. The van der Waals surface area contributed by atoms with E-state index in [4.69, 9.17) is 23.2 Å². The third-order valence-electron chi connectivity index (χ3n) is 2.45. The van der Waals surface area contributed by atoms with Crippen LogP contribution < -0.4 is 5.32 Å². The van der Waals surface area contributed by atoms with Crippen molar-refractivity contribution in [1.82, 2.24) is 4.98 Å². The Balaban J connectivity index is 2.31. The maximum absolute atomic E-state index is 12.1. The van der Waals surface area contributed by atoms with Crippen LogP contribution in [0.4, 0.5) is 11.4 Å². The lowest BCUT2D eigenvalue weighted by molar-refractivity contribution is -0.384. The number of anilines is 1. The molecule has 0 unspecified atom stereocenters. The highest BCUT2D eigenvalue weighted by atomic mass is 79.9. The van der Waals surface area contributed by atoms with Crippen LogP contribution >= 0.6 is 39.1 Å². The number of benzene rings is 1. The first-order valence-electron chi connectivity index (χ1n) is 5.45. The highest BCUT2D eigenvalue weighted by Gasteiger charge is 2.20. The first-order chi connectivity index (χ1) is 9.88. The summed E-state index contributed by atoms with van der Waals surface area (Å²) < 4.78 is 0.616. The molecule has 1 aromatic carbocycles. The molecule has 0 radical (unpaired) electrons. The monoisotopic (exact) mass is 389 g/mol. The summed E-state index contributed by atoms with van der Waals surface area (Å²) in [6.07, 6.45) is 1.44. The molecule has 1 heterocycles. The molecule has 1 N–H and O–H groups in total. The fraction of sp³-hybridized carbons (Fsp3) is 0. The van der Waals surface area contributed by atoms with Crippen LogP contribution in [0.15, 0.2) is 35.1 Å². The van der Waals surface area contributed by atoms with Gasteiger partial charge in [0.1, 0.15) is 9.63 Å². The lowest BCUT2D eigenvalue weighted by Gasteiger charge is -2.06. The lowest BCUT2D eigenvalue weighted by Crippen LogP contribution is -2.12. The van der Waals surface area contributed by atoms with Gasteiger partial charge in [0.2, 0.25) is 0 Å². The van der Waals surface area contributed by atoms with Crippen LogP contribution in [-0.4, -0.2) is 15.8 Å². The second kappa shape index (κ2) is 6.38. The summed E-state index contributed by atoms with van der Waals surface area (Å²) in [7, 11) is 0. The zero-order valence-corrected chi connectivity index (χ0v) is 13.2. The van der Waals surface area contributed by atoms with E-state index in [0.717, 1.165) is 6.07 Å².